The Kier molecular flexibility index (Phi) is 6.24. The predicted molar refractivity (Wildman–Crippen MR) is 129 cm³/mol. The Hall–Kier alpha value is -3.93. The average molecular weight is 460 g/mol. The van der Waals surface area contributed by atoms with Crippen molar-refractivity contribution in [1.82, 2.24) is 0 Å². The third-order valence-corrected chi connectivity index (χ3v) is 5.70. The molecule has 1 N–H and O–H groups in total. The van der Waals surface area contributed by atoms with Gasteiger partial charge in [-0.3, -0.25) is 14.5 Å². The zero-order valence-corrected chi connectivity index (χ0v) is 19.5. The monoisotopic (exact) mass is 459 g/mol. The lowest BCUT2D eigenvalue weighted by molar-refractivity contribution is -0.132. The van der Waals surface area contributed by atoms with E-state index in [0.717, 1.165) is 11.1 Å². The number of benzene rings is 3. The largest absolute Gasteiger partial charge is 0.507 e. The lowest BCUT2D eigenvalue weighted by Crippen LogP contribution is -2.29. The standard InChI is InChI=1S/C28H26FNO4/c1-16(2)34-23-12-11-20(14-18(23)4)26(31)24-25(19-8-5-7-17(3)13-19)30(28(33)27(24)32)22-10-6-9-21(29)15-22/h5-16,25,31H,1-4H3/b26-24-. The van der Waals surface area contributed by atoms with Crippen molar-refractivity contribution in [3.05, 3.63) is 100 Å². The molecule has 1 amide bonds. The van der Waals surface area contributed by atoms with E-state index in [-0.39, 0.29) is 23.1 Å². The van der Waals surface area contributed by atoms with E-state index in [2.05, 4.69) is 0 Å². The van der Waals surface area contributed by atoms with Crippen LogP contribution in [0.25, 0.3) is 5.76 Å². The van der Waals surface area contributed by atoms with Gasteiger partial charge in [-0.2, -0.15) is 0 Å². The average Bonchev–Trinajstić information content (AvgIpc) is 3.05. The molecule has 3 aromatic rings. The number of hydrogen-bond donors (Lipinski definition) is 1. The second-order valence-electron chi connectivity index (χ2n) is 8.71. The lowest BCUT2D eigenvalue weighted by atomic mass is 9.94. The second kappa shape index (κ2) is 9.14. The number of aliphatic hydroxyl groups excluding tert-OH is 1. The van der Waals surface area contributed by atoms with Gasteiger partial charge in [0.05, 0.1) is 17.7 Å². The number of halogens is 1. The number of ether oxygens (including phenoxy) is 1. The molecule has 0 aliphatic carbocycles. The quantitative estimate of drug-likeness (QED) is 0.295. The molecule has 1 atom stereocenters. The number of hydrogen-bond acceptors (Lipinski definition) is 4. The SMILES string of the molecule is Cc1cccc(C2/C(=C(/O)c3ccc(OC(C)C)c(C)c3)C(=O)C(=O)N2c2cccc(F)c2)c1. The van der Waals surface area contributed by atoms with Crippen molar-refractivity contribution in [1.29, 1.82) is 0 Å². The Morgan fingerprint density at radius 3 is 2.38 bits per heavy atom. The summed E-state index contributed by atoms with van der Waals surface area (Å²) in [5.41, 5.74) is 2.93. The van der Waals surface area contributed by atoms with Gasteiger partial charge >= 0.3 is 0 Å². The number of ketones is 1. The Balaban J connectivity index is 1.90. The summed E-state index contributed by atoms with van der Waals surface area (Å²) in [4.78, 5) is 27.6. The van der Waals surface area contributed by atoms with Crippen molar-refractivity contribution in [2.45, 2.75) is 39.8 Å². The molecule has 0 bridgehead atoms. The molecule has 174 valence electrons. The fraction of sp³-hybridized carbons (Fsp3) is 0.214. The van der Waals surface area contributed by atoms with Gasteiger partial charge in [0.15, 0.2) is 0 Å². The van der Waals surface area contributed by atoms with Gasteiger partial charge < -0.3 is 9.84 Å². The van der Waals surface area contributed by atoms with E-state index in [9.17, 15) is 19.1 Å². The van der Waals surface area contributed by atoms with Crippen LogP contribution in [0.3, 0.4) is 0 Å². The smallest absolute Gasteiger partial charge is 0.300 e. The number of carbonyl (C=O) groups is 2. The molecule has 0 spiro atoms. The molecule has 1 heterocycles. The maximum absolute atomic E-state index is 14.0. The summed E-state index contributed by atoms with van der Waals surface area (Å²) in [5, 5.41) is 11.3. The molecule has 0 saturated carbocycles. The highest BCUT2D eigenvalue weighted by atomic mass is 19.1. The van der Waals surface area contributed by atoms with Gasteiger partial charge in [0.2, 0.25) is 0 Å². The first-order valence-corrected chi connectivity index (χ1v) is 11.1. The maximum Gasteiger partial charge on any atom is 0.300 e. The molecular weight excluding hydrogens is 433 g/mol. The van der Waals surface area contributed by atoms with E-state index in [1.165, 1.54) is 23.1 Å². The molecule has 4 rings (SSSR count). The van der Waals surface area contributed by atoms with Crippen molar-refractivity contribution in [2.24, 2.45) is 0 Å². The third kappa shape index (κ3) is 4.31. The van der Waals surface area contributed by atoms with Crippen LogP contribution in [0.15, 0.2) is 72.3 Å². The van der Waals surface area contributed by atoms with Crippen LogP contribution in [0.2, 0.25) is 0 Å². The highest BCUT2D eigenvalue weighted by Crippen LogP contribution is 2.42. The van der Waals surface area contributed by atoms with Crippen molar-refractivity contribution in [3.63, 3.8) is 0 Å². The lowest BCUT2D eigenvalue weighted by Gasteiger charge is -2.25. The van der Waals surface area contributed by atoms with Gasteiger partial charge in [0.25, 0.3) is 11.7 Å². The highest BCUT2D eigenvalue weighted by molar-refractivity contribution is 6.51. The zero-order chi connectivity index (χ0) is 24.6. The van der Waals surface area contributed by atoms with Crippen LogP contribution in [0.5, 0.6) is 5.75 Å². The topological polar surface area (TPSA) is 66.8 Å². The van der Waals surface area contributed by atoms with Crippen molar-refractivity contribution >= 4 is 23.1 Å². The first-order valence-electron chi connectivity index (χ1n) is 11.1. The number of aryl methyl sites for hydroxylation is 2. The first kappa shape index (κ1) is 23.2. The summed E-state index contributed by atoms with van der Waals surface area (Å²) in [6.45, 7) is 7.58. The minimum Gasteiger partial charge on any atom is -0.507 e. The number of Topliss-reactive ketones (excluding diaryl/α,β-unsaturated/α-hetero) is 1. The van der Waals surface area contributed by atoms with Gasteiger partial charge in [-0.05, 0) is 75.2 Å². The van der Waals surface area contributed by atoms with Gasteiger partial charge in [0, 0.05) is 11.3 Å². The van der Waals surface area contributed by atoms with Crippen molar-refractivity contribution in [3.8, 4) is 5.75 Å². The molecule has 1 aliphatic heterocycles. The van der Waals surface area contributed by atoms with E-state index >= 15 is 0 Å². The summed E-state index contributed by atoms with van der Waals surface area (Å²) in [6, 6.07) is 17.1. The first-order chi connectivity index (χ1) is 16.2. The summed E-state index contributed by atoms with van der Waals surface area (Å²) >= 11 is 0. The fourth-order valence-electron chi connectivity index (χ4n) is 4.22. The Bertz CT molecular complexity index is 1310. The van der Waals surface area contributed by atoms with Crippen LogP contribution in [0, 0.1) is 19.7 Å². The van der Waals surface area contributed by atoms with Crippen LogP contribution in [0.4, 0.5) is 10.1 Å². The van der Waals surface area contributed by atoms with Gasteiger partial charge in [-0.25, -0.2) is 4.39 Å². The van der Waals surface area contributed by atoms with Crippen LogP contribution < -0.4 is 9.64 Å². The van der Waals surface area contributed by atoms with E-state index in [1.54, 1.807) is 30.3 Å². The molecule has 1 fully saturated rings. The Morgan fingerprint density at radius 1 is 1.00 bits per heavy atom. The summed E-state index contributed by atoms with van der Waals surface area (Å²) in [5.74, 6) is -1.80. The predicted octanol–water partition coefficient (Wildman–Crippen LogP) is 5.86. The maximum atomic E-state index is 14.0. The van der Waals surface area contributed by atoms with Crippen molar-refractivity contribution in [2.75, 3.05) is 4.90 Å². The van der Waals surface area contributed by atoms with Crippen molar-refractivity contribution < 1.29 is 23.8 Å². The molecule has 5 nitrogen and oxygen atoms in total. The Labute approximate surface area is 198 Å². The number of carbonyl (C=O) groups excluding carboxylic acids is 2. The minimum absolute atomic E-state index is 0.0175. The molecular formula is C28H26FNO4. The van der Waals surface area contributed by atoms with E-state index in [0.29, 0.717) is 16.9 Å². The summed E-state index contributed by atoms with van der Waals surface area (Å²) in [7, 11) is 0. The third-order valence-electron chi connectivity index (χ3n) is 5.70. The number of rotatable bonds is 5. The van der Waals surface area contributed by atoms with Crippen LogP contribution in [-0.4, -0.2) is 22.9 Å². The second-order valence-corrected chi connectivity index (χ2v) is 8.71. The fourth-order valence-corrected chi connectivity index (χ4v) is 4.22. The normalized spacial score (nSPS) is 17.5. The molecule has 34 heavy (non-hydrogen) atoms. The molecule has 3 aromatic carbocycles. The summed E-state index contributed by atoms with van der Waals surface area (Å²) in [6.07, 6.45) is -0.0175. The molecule has 0 aromatic heterocycles. The number of nitrogens with zero attached hydrogens (tertiary/aromatic N) is 1. The molecule has 6 heteroatoms. The summed E-state index contributed by atoms with van der Waals surface area (Å²) < 4.78 is 19.8. The zero-order valence-electron chi connectivity index (χ0n) is 19.5. The van der Waals surface area contributed by atoms with Crippen LogP contribution in [0.1, 0.15) is 42.1 Å². The molecule has 1 aliphatic rings. The highest BCUT2D eigenvalue weighted by Gasteiger charge is 2.47. The van der Waals surface area contributed by atoms with Gasteiger partial charge in [0.1, 0.15) is 17.3 Å². The van der Waals surface area contributed by atoms with Crippen LogP contribution in [-0.2, 0) is 9.59 Å². The van der Waals surface area contributed by atoms with Gasteiger partial charge in [-0.1, -0.05) is 35.9 Å². The van der Waals surface area contributed by atoms with Gasteiger partial charge in [-0.15, -0.1) is 0 Å². The van der Waals surface area contributed by atoms with E-state index < -0.39 is 23.5 Å². The molecule has 1 saturated heterocycles. The van der Waals surface area contributed by atoms with E-state index in [1.807, 2.05) is 45.9 Å². The number of amides is 1. The molecule has 0 radical (unpaired) electrons. The van der Waals surface area contributed by atoms with Crippen LogP contribution >= 0.6 is 0 Å². The van der Waals surface area contributed by atoms with E-state index in [4.69, 9.17) is 4.74 Å². The number of anilines is 1. The molecule has 1 unspecified atom stereocenters. The minimum atomic E-state index is -0.909. The Morgan fingerprint density at radius 2 is 1.74 bits per heavy atom. The number of aliphatic hydroxyl groups is 1.